The van der Waals surface area contributed by atoms with Crippen LogP contribution < -0.4 is 4.90 Å². The predicted molar refractivity (Wildman–Crippen MR) is 94.0 cm³/mol. The Labute approximate surface area is 151 Å². The molecule has 8 heteroatoms. The molecule has 1 aliphatic heterocycles. The number of methoxy groups -OCH3 is 1. The van der Waals surface area contributed by atoms with Gasteiger partial charge in [0.25, 0.3) is 11.6 Å². The molecule has 2 aromatic carbocycles. The predicted octanol–water partition coefficient (Wildman–Crippen LogP) is 3.35. The number of nitro benzene ring substituents is 1. The molecule has 7 nitrogen and oxygen atoms in total. The number of nitro groups is 1. The minimum Gasteiger partial charge on any atom is -0.465 e. The Balaban J connectivity index is 1.93. The fourth-order valence-corrected chi connectivity index (χ4v) is 3.19. The van der Waals surface area contributed by atoms with Gasteiger partial charge in [-0.25, -0.2) is 4.79 Å². The number of fused-ring (bicyclic) bond motifs is 1. The van der Waals surface area contributed by atoms with E-state index in [2.05, 4.69) is 15.9 Å². The van der Waals surface area contributed by atoms with Crippen LogP contribution in [-0.2, 0) is 11.2 Å². The van der Waals surface area contributed by atoms with Gasteiger partial charge in [-0.05, 0) is 58.2 Å². The molecular formula is C17H13BrN2O5. The Morgan fingerprint density at radius 1 is 1.20 bits per heavy atom. The van der Waals surface area contributed by atoms with Gasteiger partial charge >= 0.3 is 5.97 Å². The van der Waals surface area contributed by atoms with Crippen molar-refractivity contribution >= 4 is 39.2 Å². The van der Waals surface area contributed by atoms with Gasteiger partial charge in [-0.3, -0.25) is 14.9 Å². The minimum atomic E-state index is -0.540. The molecule has 0 atom stereocenters. The zero-order valence-electron chi connectivity index (χ0n) is 13.2. The molecular weight excluding hydrogens is 392 g/mol. The molecule has 1 heterocycles. The quantitative estimate of drug-likeness (QED) is 0.444. The minimum absolute atomic E-state index is 0.161. The van der Waals surface area contributed by atoms with Crippen LogP contribution in [0.15, 0.2) is 40.9 Å². The summed E-state index contributed by atoms with van der Waals surface area (Å²) in [4.78, 5) is 36.5. The Kier molecular flexibility index (Phi) is 4.54. The summed E-state index contributed by atoms with van der Waals surface area (Å²) in [6, 6.07) is 9.29. The molecule has 0 N–H and O–H groups in total. The maximum atomic E-state index is 12.8. The summed E-state index contributed by atoms with van der Waals surface area (Å²) in [5.74, 6) is -0.753. The maximum absolute atomic E-state index is 12.8. The van der Waals surface area contributed by atoms with Crippen LogP contribution in [0.1, 0.15) is 26.3 Å². The van der Waals surface area contributed by atoms with Crippen molar-refractivity contribution in [2.45, 2.75) is 6.42 Å². The van der Waals surface area contributed by atoms with Crippen LogP contribution in [0.3, 0.4) is 0 Å². The van der Waals surface area contributed by atoms with Crippen molar-refractivity contribution in [3.05, 3.63) is 67.7 Å². The first-order valence-electron chi connectivity index (χ1n) is 7.39. The molecule has 0 bridgehead atoms. The standard InChI is InChI=1S/C17H13BrN2O5/c1-25-17(22)12-3-5-14-10(8-12)6-7-19(14)16(21)11-2-4-13(18)15(9-11)20(23)24/h2-5,8-9H,6-7H2,1H3. The van der Waals surface area contributed by atoms with Crippen LogP contribution in [0.5, 0.6) is 0 Å². The fourth-order valence-electron chi connectivity index (χ4n) is 2.80. The van der Waals surface area contributed by atoms with Gasteiger partial charge in [-0.15, -0.1) is 0 Å². The third kappa shape index (κ3) is 3.12. The van der Waals surface area contributed by atoms with Crippen LogP contribution in [-0.4, -0.2) is 30.5 Å². The van der Waals surface area contributed by atoms with E-state index in [1.807, 2.05) is 0 Å². The van der Waals surface area contributed by atoms with Crippen LogP contribution in [0, 0.1) is 10.1 Å². The Morgan fingerprint density at radius 2 is 1.92 bits per heavy atom. The average Bonchev–Trinajstić information content (AvgIpc) is 3.03. The highest BCUT2D eigenvalue weighted by molar-refractivity contribution is 9.10. The van der Waals surface area contributed by atoms with E-state index in [-0.39, 0.29) is 17.2 Å². The lowest BCUT2D eigenvalue weighted by Gasteiger charge is -2.17. The number of carbonyl (C=O) groups excluding carboxylic acids is 2. The molecule has 0 aromatic heterocycles. The van der Waals surface area contributed by atoms with E-state index >= 15 is 0 Å². The normalized spacial score (nSPS) is 12.6. The summed E-state index contributed by atoms with van der Waals surface area (Å²) in [7, 11) is 1.31. The second-order valence-electron chi connectivity index (χ2n) is 5.47. The van der Waals surface area contributed by atoms with E-state index in [1.54, 1.807) is 29.2 Å². The smallest absolute Gasteiger partial charge is 0.337 e. The summed E-state index contributed by atoms with van der Waals surface area (Å²) in [6.07, 6.45) is 0.602. The number of esters is 1. The van der Waals surface area contributed by atoms with Crippen molar-refractivity contribution < 1.29 is 19.2 Å². The number of rotatable bonds is 3. The van der Waals surface area contributed by atoms with Crippen molar-refractivity contribution in [1.29, 1.82) is 0 Å². The van der Waals surface area contributed by atoms with Gasteiger partial charge < -0.3 is 9.64 Å². The zero-order valence-corrected chi connectivity index (χ0v) is 14.8. The lowest BCUT2D eigenvalue weighted by Crippen LogP contribution is -2.28. The summed E-state index contributed by atoms with van der Waals surface area (Å²) in [6.45, 7) is 0.447. The van der Waals surface area contributed by atoms with Crippen molar-refractivity contribution in [3.63, 3.8) is 0 Å². The van der Waals surface area contributed by atoms with Crippen LogP contribution in [0.2, 0.25) is 0 Å². The number of nitrogens with zero attached hydrogens (tertiary/aromatic N) is 2. The SMILES string of the molecule is COC(=O)c1ccc2c(c1)CCN2C(=O)c1ccc(Br)c([N+](=O)[O-])c1. The second kappa shape index (κ2) is 6.64. The van der Waals surface area contributed by atoms with E-state index in [1.165, 1.54) is 19.2 Å². The number of ether oxygens (including phenoxy) is 1. The van der Waals surface area contributed by atoms with Gasteiger partial charge in [0.15, 0.2) is 0 Å². The second-order valence-corrected chi connectivity index (χ2v) is 6.32. The highest BCUT2D eigenvalue weighted by Gasteiger charge is 2.27. The molecule has 1 amide bonds. The van der Waals surface area contributed by atoms with Crippen molar-refractivity contribution in [2.75, 3.05) is 18.6 Å². The van der Waals surface area contributed by atoms with Gasteiger partial charge in [-0.2, -0.15) is 0 Å². The van der Waals surface area contributed by atoms with E-state index in [0.29, 0.717) is 28.7 Å². The Morgan fingerprint density at radius 3 is 2.60 bits per heavy atom. The van der Waals surface area contributed by atoms with Gasteiger partial charge in [0, 0.05) is 23.9 Å². The van der Waals surface area contributed by atoms with Gasteiger partial charge in [0.2, 0.25) is 0 Å². The van der Waals surface area contributed by atoms with Gasteiger partial charge in [-0.1, -0.05) is 0 Å². The molecule has 0 aliphatic carbocycles. The molecule has 0 saturated carbocycles. The molecule has 3 rings (SSSR count). The number of hydrogen-bond donors (Lipinski definition) is 0. The third-order valence-corrected chi connectivity index (χ3v) is 4.70. The molecule has 128 valence electrons. The van der Waals surface area contributed by atoms with Crippen molar-refractivity contribution in [3.8, 4) is 0 Å². The fraction of sp³-hybridized carbons (Fsp3) is 0.176. The van der Waals surface area contributed by atoms with E-state index in [9.17, 15) is 19.7 Å². The third-order valence-electron chi connectivity index (χ3n) is 4.03. The summed E-state index contributed by atoms with van der Waals surface area (Å²) >= 11 is 3.11. The molecule has 25 heavy (non-hydrogen) atoms. The number of anilines is 1. The Hall–Kier alpha value is -2.74. The average molecular weight is 405 g/mol. The molecule has 1 aliphatic rings. The number of halogens is 1. The molecule has 0 spiro atoms. The first-order valence-corrected chi connectivity index (χ1v) is 8.18. The number of carbonyl (C=O) groups is 2. The van der Waals surface area contributed by atoms with Crippen molar-refractivity contribution in [1.82, 2.24) is 0 Å². The monoisotopic (exact) mass is 404 g/mol. The van der Waals surface area contributed by atoms with Crippen LogP contribution in [0.25, 0.3) is 0 Å². The largest absolute Gasteiger partial charge is 0.465 e. The topological polar surface area (TPSA) is 89.8 Å². The summed E-state index contributed by atoms with van der Waals surface area (Å²) < 4.78 is 5.02. The number of amides is 1. The first kappa shape index (κ1) is 17.1. The highest BCUT2D eigenvalue weighted by Crippen LogP contribution is 2.32. The Bertz CT molecular complexity index is 897. The molecule has 2 aromatic rings. The summed E-state index contributed by atoms with van der Waals surface area (Å²) in [5, 5.41) is 11.1. The highest BCUT2D eigenvalue weighted by atomic mass is 79.9. The van der Waals surface area contributed by atoms with Gasteiger partial charge in [0.05, 0.1) is 22.1 Å². The van der Waals surface area contributed by atoms with Crippen LogP contribution >= 0.6 is 15.9 Å². The molecule has 0 saturated heterocycles. The lowest BCUT2D eigenvalue weighted by molar-refractivity contribution is -0.385. The van der Waals surface area contributed by atoms with Crippen LogP contribution in [0.4, 0.5) is 11.4 Å². The maximum Gasteiger partial charge on any atom is 0.337 e. The molecule has 0 radical (unpaired) electrons. The number of benzene rings is 2. The molecule has 0 unspecified atom stereocenters. The first-order chi connectivity index (χ1) is 11.9. The van der Waals surface area contributed by atoms with E-state index in [0.717, 1.165) is 5.56 Å². The molecule has 0 fully saturated rings. The lowest BCUT2D eigenvalue weighted by atomic mass is 10.1. The van der Waals surface area contributed by atoms with E-state index in [4.69, 9.17) is 4.74 Å². The van der Waals surface area contributed by atoms with Gasteiger partial charge in [0.1, 0.15) is 0 Å². The zero-order chi connectivity index (χ0) is 18.1. The summed E-state index contributed by atoms with van der Waals surface area (Å²) in [5.41, 5.74) is 2.06. The van der Waals surface area contributed by atoms with Crippen molar-refractivity contribution in [2.24, 2.45) is 0 Å². The number of hydrogen-bond acceptors (Lipinski definition) is 5. The van der Waals surface area contributed by atoms with E-state index < -0.39 is 10.9 Å².